The highest BCUT2D eigenvalue weighted by Gasteiger charge is 2.05. The Bertz CT molecular complexity index is 518. The van der Waals surface area contributed by atoms with Gasteiger partial charge in [-0.25, -0.2) is 0 Å². The molecule has 0 fully saturated rings. The van der Waals surface area contributed by atoms with Crippen molar-refractivity contribution in [2.45, 2.75) is 24.1 Å². The Kier molecular flexibility index (Phi) is 9.38. The highest BCUT2D eigenvalue weighted by molar-refractivity contribution is 7.85. The molecule has 0 spiro atoms. The second-order valence-electron chi connectivity index (χ2n) is 4.07. The number of aliphatic imine (C=N–C) groups is 1. The number of rotatable bonds is 6. The molecule has 1 rings (SSSR count). The number of unbranched alkanes of at least 4 members (excludes halogenated alkanes) is 1. The van der Waals surface area contributed by atoms with Gasteiger partial charge in [-0.15, -0.1) is 0 Å². The van der Waals surface area contributed by atoms with E-state index in [0.29, 0.717) is 19.3 Å². The molecule has 0 radical (unpaired) electrons. The van der Waals surface area contributed by atoms with E-state index in [1.165, 1.54) is 12.1 Å². The molecule has 0 unspecified atom stereocenters. The number of benzene rings is 1. The zero-order chi connectivity index (χ0) is 16.3. The predicted molar refractivity (Wildman–Crippen MR) is 81.2 cm³/mol. The van der Waals surface area contributed by atoms with Gasteiger partial charge in [-0.1, -0.05) is 24.6 Å². The van der Waals surface area contributed by atoms with Crippen LogP contribution in [-0.4, -0.2) is 42.6 Å². The van der Waals surface area contributed by atoms with Crippen LogP contribution in [0.5, 0.6) is 0 Å². The number of hydrogen-bond acceptors (Lipinski definition) is 5. The minimum absolute atomic E-state index is 0.0741. The van der Waals surface area contributed by atoms with Crippen LogP contribution in [0, 0.1) is 0 Å². The fraction of sp³-hybridized carbons (Fsp3) is 0.364. The number of nitrogens with two attached hydrogens (primary N) is 2. The highest BCUT2D eigenvalue weighted by Crippen LogP contribution is 2.05. The summed E-state index contributed by atoms with van der Waals surface area (Å²) in [7, 11) is -5.22. The summed E-state index contributed by atoms with van der Waals surface area (Å²) in [6.07, 6.45) is 1.87. The van der Waals surface area contributed by atoms with Crippen molar-refractivity contribution in [3.63, 3.8) is 0 Å². The van der Waals surface area contributed by atoms with E-state index in [9.17, 15) is 8.42 Å². The Balaban J connectivity index is 0.000000382. The van der Waals surface area contributed by atoms with Gasteiger partial charge >= 0.3 is 7.12 Å². The summed E-state index contributed by atoms with van der Waals surface area (Å²) in [6.45, 7) is 0.551. The van der Waals surface area contributed by atoms with Gasteiger partial charge in [-0.05, 0) is 24.9 Å². The lowest BCUT2D eigenvalue weighted by Crippen LogP contribution is -2.23. The standard InChI is InChI=1S/C6H6O3S.C5H14BN3O2/c7-10(8,9)6-4-2-1-3-5-6;7-5(8)9-4-2-1-3-6(10)11/h1-5H,(H,7,8,9);10-11H,1-4H2,(H4,7,8,9). The van der Waals surface area contributed by atoms with Gasteiger partial charge in [0.25, 0.3) is 10.1 Å². The first-order valence-corrected chi connectivity index (χ1v) is 7.61. The molecule has 7 N–H and O–H groups in total. The molecule has 118 valence electrons. The maximum atomic E-state index is 10.4. The highest BCUT2D eigenvalue weighted by atomic mass is 32.2. The smallest absolute Gasteiger partial charge is 0.427 e. The molecule has 1 aromatic carbocycles. The molecular formula is C11H20BN3O5S. The molecule has 0 saturated heterocycles. The molecule has 0 aliphatic heterocycles. The van der Waals surface area contributed by atoms with Gasteiger partial charge < -0.3 is 21.5 Å². The minimum Gasteiger partial charge on any atom is -0.427 e. The van der Waals surface area contributed by atoms with E-state index in [1.54, 1.807) is 18.2 Å². The Morgan fingerprint density at radius 2 is 1.71 bits per heavy atom. The summed E-state index contributed by atoms with van der Waals surface area (Å²) >= 11 is 0. The molecule has 0 heterocycles. The van der Waals surface area contributed by atoms with Gasteiger partial charge in [0.05, 0.1) is 4.90 Å². The normalized spacial score (nSPS) is 10.2. The maximum absolute atomic E-state index is 10.4. The Morgan fingerprint density at radius 1 is 1.14 bits per heavy atom. The Morgan fingerprint density at radius 3 is 2.10 bits per heavy atom. The third-order valence-electron chi connectivity index (χ3n) is 2.21. The molecule has 0 saturated carbocycles. The quantitative estimate of drug-likeness (QED) is 0.155. The van der Waals surface area contributed by atoms with E-state index in [-0.39, 0.29) is 10.9 Å². The lowest BCUT2D eigenvalue weighted by Gasteiger charge is -1.96. The molecule has 8 nitrogen and oxygen atoms in total. The van der Waals surface area contributed by atoms with Gasteiger partial charge in [0, 0.05) is 6.54 Å². The van der Waals surface area contributed by atoms with E-state index < -0.39 is 17.2 Å². The van der Waals surface area contributed by atoms with Crippen molar-refractivity contribution >= 4 is 23.2 Å². The lowest BCUT2D eigenvalue weighted by molar-refractivity contribution is 0.402. The van der Waals surface area contributed by atoms with Gasteiger partial charge in [-0.2, -0.15) is 8.42 Å². The van der Waals surface area contributed by atoms with E-state index in [0.717, 1.165) is 6.42 Å². The summed E-state index contributed by atoms with van der Waals surface area (Å²) in [4.78, 5) is 3.66. The summed E-state index contributed by atoms with van der Waals surface area (Å²) in [5, 5.41) is 16.9. The minimum atomic E-state index is -4.00. The molecule has 0 aliphatic rings. The number of hydrogen-bond donors (Lipinski definition) is 5. The summed E-state index contributed by atoms with van der Waals surface area (Å²) in [5.74, 6) is 0.0783. The van der Waals surface area contributed by atoms with Crippen molar-refractivity contribution in [1.29, 1.82) is 0 Å². The fourth-order valence-corrected chi connectivity index (χ4v) is 1.74. The predicted octanol–water partition coefficient (Wildman–Crippen LogP) is -0.554. The third kappa shape index (κ3) is 11.9. The zero-order valence-corrected chi connectivity index (χ0v) is 12.3. The second kappa shape index (κ2) is 10.2. The fourth-order valence-electron chi connectivity index (χ4n) is 1.24. The SMILES string of the molecule is NC(N)=NCCCCB(O)O.O=S(=O)(O)c1ccccc1. The van der Waals surface area contributed by atoms with E-state index in [4.69, 9.17) is 26.1 Å². The van der Waals surface area contributed by atoms with E-state index in [1.807, 2.05) is 0 Å². The molecule has 0 aliphatic carbocycles. The van der Waals surface area contributed by atoms with Crippen molar-refractivity contribution in [2.75, 3.05) is 6.54 Å². The molecule has 1 aromatic rings. The zero-order valence-electron chi connectivity index (χ0n) is 11.5. The average molecular weight is 317 g/mol. The van der Waals surface area contributed by atoms with Crippen LogP contribution in [0.25, 0.3) is 0 Å². The van der Waals surface area contributed by atoms with Crippen LogP contribution in [0.2, 0.25) is 6.32 Å². The van der Waals surface area contributed by atoms with Crippen LogP contribution in [0.1, 0.15) is 12.8 Å². The first-order valence-electron chi connectivity index (χ1n) is 6.17. The van der Waals surface area contributed by atoms with E-state index in [2.05, 4.69) is 4.99 Å². The monoisotopic (exact) mass is 317 g/mol. The first-order chi connectivity index (χ1) is 9.73. The summed E-state index contributed by atoms with van der Waals surface area (Å²) in [5.41, 5.74) is 10.1. The van der Waals surface area contributed by atoms with Crippen LogP contribution < -0.4 is 11.5 Å². The first kappa shape index (κ1) is 19.4. The molecular weight excluding hydrogens is 297 g/mol. The van der Waals surface area contributed by atoms with Crippen molar-refractivity contribution in [1.82, 2.24) is 0 Å². The number of guanidine groups is 1. The van der Waals surface area contributed by atoms with Crippen LogP contribution in [0.3, 0.4) is 0 Å². The summed E-state index contributed by atoms with van der Waals surface area (Å²) < 4.78 is 29.2. The van der Waals surface area contributed by atoms with Gasteiger partial charge in [-0.3, -0.25) is 9.55 Å². The molecule has 0 bridgehead atoms. The van der Waals surface area contributed by atoms with Crippen LogP contribution in [0.15, 0.2) is 40.2 Å². The lowest BCUT2D eigenvalue weighted by atomic mass is 9.84. The van der Waals surface area contributed by atoms with Crippen molar-refractivity contribution in [2.24, 2.45) is 16.5 Å². The van der Waals surface area contributed by atoms with Crippen LogP contribution in [0.4, 0.5) is 0 Å². The van der Waals surface area contributed by atoms with Gasteiger partial charge in [0.15, 0.2) is 5.96 Å². The molecule has 0 atom stereocenters. The largest absolute Gasteiger partial charge is 0.451 e. The summed E-state index contributed by atoms with van der Waals surface area (Å²) in [6, 6.07) is 7.42. The third-order valence-corrected chi connectivity index (χ3v) is 3.07. The number of nitrogens with zero attached hydrogens (tertiary/aromatic N) is 1. The second-order valence-corrected chi connectivity index (χ2v) is 5.49. The molecule has 21 heavy (non-hydrogen) atoms. The van der Waals surface area contributed by atoms with Crippen molar-refractivity contribution in [3.8, 4) is 0 Å². The molecule has 0 aromatic heterocycles. The van der Waals surface area contributed by atoms with E-state index >= 15 is 0 Å². The molecule has 10 heteroatoms. The topological polar surface area (TPSA) is 159 Å². The Labute approximate surface area is 124 Å². The van der Waals surface area contributed by atoms with Crippen LogP contribution >= 0.6 is 0 Å². The molecule has 0 amide bonds. The van der Waals surface area contributed by atoms with Gasteiger partial charge in [0.1, 0.15) is 0 Å². The van der Waals surface area contributed by atoms with Crippen molar-refractivity contribution < 1.29 is 23.0 Å². The van der Waals surface area contributed by atoms with Gasteiger partial charge in [0.2, 0.25) is 0 Å². The Hall–Kier alpha value is -1.62. The maximum Gasteiger partial charge on any atom is 0.451 e. The average Bonchev–Trinajstić information content (AvgIpc) is 2.38. The van der Waals surface area contributed by atoms with Crippen LogP contribution in [-0.2, 0) is 10.1 Å². The van der Waals surface area contributed by atoms with Crippen molar-refractivity contribution in [3.05, 3.63) is 30.3 Å².